The number of hydrogen-bond donors (Lipinski definition) is 3. The predicted octanol–water partition coefficient (Wildman–Crippen LogP) is 1.79. The van der Waals surface area contributed by atoms with Gasteiger partial charge < -0.3 is 16.4 Å². The molecule has 4 N–H and O–H groups in total. The highest BCUT2D eigenvalue weighted by Crippen LogP contribution is 2.11. The Morgan fingerprint density at radius 2 is 1.76 bits per heavy atom. The van der Waals surface area contributed by atoms with Crippen LogP contribution in [0.15, 0.2) is 30.3 Å². The number of nitrogens with zero attached hydrogens (tertiary/aromatic N) is 1. The highest BCUT2D eigenvalue weighted by atomic mass is 35.5. The summed E-state index contributed by atoms with van der Waals surface area (Å²) in [5.41, 5.74) is 6.44. The van der Waals surface area contributed by atoms with Gasteiger partial charge in [0.25, 0.3) is 0 Å². The van der Waals surface area contributed by atoms with Crippen LogP contribution in [0.2, 0.25) is 0 Å². The number of amides is 2. The standard InChI is InChI=1S/C17H26N4O2.2ClH/c1-13(18)11-16(22)19-15-7-9-21(10-8-15)12-17(23)20-14-5-3-2-4-6-14;;/h2-6,13,15H,7-12,18H2,1H3,(H,19,22)(H,20,23);2*1H. The van der Waals surface area contributed by atoms with E-state index in [0.29, 0.717) is 13.0 Å². The fourth-order valence-electron chi connectivity index (χ4n) is 2.74. The molecule has 0 bridgehead atoms. The van der Waals surface area contributed by atoms with Gasteiger partial charge in [0.1, 0.15) is 0 Å². The van der Waals surface area contributed by atoms with Gasteiger partial charge in [-0.2, -0.15) is 0 Å². The SMILES string of the molecule is CC(N)CC(=O)NC1CCN(CC(=O)Nc2ccccc2)CC1.Cl.Cl. The maximum absolute atomic E-state index is 12.0. The minimum atomic E-state index is -0.114. The average molecular weight is 391 g/mol. The summed E-state index contributed by atoms with van der Waals surface area (Å²) in [6.07, 6.45) is 2.09. The number of nitrogens with one attached hydrogen (secondary N) is 2. The van der Waals surface area contributed by atoms with Crippen LogP contribution in [0.5, 0.6) is 0 Å². The topological polar surface area (TPSA) is 87.5 Å². The number of carbonyl (C=O) groups excluding carboxylic acids is 2. The van der Waals surface area contributed by atoms with Gasteiger partial charge in [-0.25, -0.2) is 0 Å². The Balaban J connectivity index is 0.00000288. The number of likely N-dealkylation sites (tertiary alicyclic amines) is 1. The number of carbonyl (C=O) groups is 2. The molecule has 1 saturated heterocycles. The number of halogens is 2. The maximum Gasteiger partial charge on any atom is 0.238 e. The molecule has 25 heavy (non-hydrogen) atoms. The van der Waals surface area contributed by atoms with Crippen LogP contribution in [0.25, 0.3) is 0 Å². The van der Waals surface area contributed by atoms with Crippen molar-refractivity contribution in [1.29, 1.82) is 0 Å². The number of anilines is 1. The van der Waals surface area contributed by atoms with Crippen LogP contribution in [0.3, 0.4) is 0 Å². The summed E-state index contributed by atoms with van der Waals surface area (Å²) < 4.78 is 0. The van der Waals surface area contributed by atoms with Gasteiger partial charge >= 0.3 is 0 Å². The van der Waals surface area contributed by atoms with Gasteiger partial charge in [0.15, 0.2) is 0 Å². The Bertz CT molecular complexity index is 521. The number of hydrogen-bond acceptors (Lipinski definition) is 4. The Labute approximate surface area is 161 Å². The Morgan fingerprint density at radius 1 is 1.16 bits per heavy atom. The molecule has 142 valence electrons. The smallest absolute Gasteiger partial charge is 0.238 e. The normalized spacial score (nSPS) is 16.1. The molecule has 0 aromatic heterocycles. The van der Waals surface area contributed by atoms with Crippen LogP contribution >= 0.6 is 24.8 Å². The zero-order valence-corrected chi connectivity index (χ0v) is 16.1. The molecule has 1 fully saturated rings. The first kappa shape index (κ1) is 23.7. The molecule has 1 aromatic rings. The maximum atomic E-state index is 12.0. The molecule has 1 aliphatic heterocycles. The van der Waals surface area contributed by atoms with Crippen molar-refractivity contribution in [3.05, 3.63) is 30.3 Å². The van der Waals surface area contributed by atoms with Crippen molar-refractivity contribution < 1.29 is 9.59 Å². The molecular formula is C17H28Cl2N4O2. The second-order valence-electron chi connectivity index (χ2n) is 6.21. The van der Waals surface area contributed by atoms with Crippen molar-refractivity contribution in [1.82, 2.24) is 10.2 Å². The molecule has 2 rings (SSSR count). The summed E-state index contributed by atoms with van der Waals surface area (Å²) in [6, 6.07) is 9.53. The first-order chi connectivity index (χ1) is 11.0. The molecule has 0 spiro atoms. The van der Waals surface area contributed by atoms with Gasteiger partial charge in [-0.3, -0.25) is 14.5 Å². The Kier molecular flexibility index (Phi) is 11.4. The molecule has 1 unspecified atom stereocenters. The monoisotopic (exact) mass is 390 g/mol. The van der Waals surface area contributed by atoms with Gasteiger partial charge in [-0.15, -0.1) is 24.8 Å². The third kappa shape index (κ3) is 9.07. The van der Waals surface area contributed by atoms with Crippen molar-refractivity contribution in [3.8, 4) is 0 Å². The van der Waals surface area contributed by atoms with Crippen LogP contribution < -0.4 is 16.4 Å². The predicted molar refractivity (Wildman–Crippen MR) is 105 cm³/mol. The van der Waals surface area contributed by atoms with Crippen LogP contribution in [0.4, 0.5) is 5.69 Å². The van der Waals surface area contributed by atoms with E-state index >= 15 is 0 Å². The molecule has 2 amide bonds. The third-order valence-corrected chi connectivity index (χ3v) is 3.88. The molecule has 0 aliphatic carbocycles. The lowest BCUT2D eigenvalue weighted by atomic mass is 10.0. The van der Waals surface area contributed by atoms with E-state index in [-0.39, 0.29) is 48.7 Å². The summed E-state index contributed by atoms with van der Waals surface area (Å²) in [7, 11) is 0. The lowest BCUT2D eigenvalue weighted by molar-refractivity contribution is -0.123. The van der Waals surface area contributed by atoms with Gasteiger partial charge in [-0.1, -0.05) is 18.2 Å². The fourth-order valence-corrected chi connectivity index (χ4v) is 2.74. The lowest BCUT2D eigenvalue weighted by Gasteiger charge is -2.32. The van der Waals surface area contributed by atoms with E-state index in [1.165, 1.54) is 0 Å². The zero-order chi connectivity index (χ0) is 16.7. The zero-order valence-electron chi connectivity index (χ0n) is 14.4. The molecule has 0 radical (unpaired) electrons. The second kappa shape index (κ2) is 12.1. The number of rotatable bonds is 6. The van der Waals surface area contributed by atoms with Crippen molar-refractivity contribution in [2.45, 2.75) is 38.3 Å². The quantitative estimate of drug-likeness (QED) is 0.690. The molecule has 1 aliphatic rings. The van der Waals surface area contributed by atoms with Gasteiger partial charge in [-0.05, 0) is 31.9 Å². The number of benzene rings is 1. The van der Waals surface area contributed by atoms with Crippen LogP contribution in [-0.2, 0) is 9.59 Å². The van der Waals surface area contributed by atoms with Crippen LogP contribution in [-0.4, -0.2) is 48.4 Å². The van der Waals surface area contributed by atoms with E-state index in [4.69, 9.17) is 5.73 Å². The summed E-state index contributed by atoms with van der Waals surface area (Å²) in [5.74, 6) is 0.0101. The van der Waals surface area contributed by atoms with Crippen LogP contribution in [0, 0.1) is 0 Å². The second-order valence-corrected chi connectivity index (χ2v) is 6.21. The first-order valence-corrected chi connectivity index (χ1v) is 8.15. The number of nitrogens with two attached hydrogens (primary N) is 1. The molecule has 8 heteroatoms. The number of para-hydroxylation sites is 1. The minimum absolute atomic E-state index is 0. The largest absolute Gasteiger partial charge is 0.353 e. The van der Waals surface area contributed by atoms with Gasteiger partial charge in [0.05, 0.1) is 6.54 Å². The van der Waals surface area contributed by atoms with Crippen molar-refractivity contribution in [2.75, 3.05) is 25.0 Å². The minimum Gasteiger partial charge on any atom is -0.353 e. The Hall–Kier alpha value is -1.34. The summed E-state index contributed by atoms with van der Waals surface area (Å²) in [5, 5.41) is 5.91. The highest BCUT2D eigenvalue weighted by Gasteiger charge is 2.22. The lowest BCUT2D eigenvalue weighted by Crippen LogP contribution is -2.47. The van der Waals surface area contributed by atoms with E-state index in [1.54, 1.807) is 0 Å². The molecule has 0 saturated carbocycles. The van der Waals surface area contributed by atoms with E-state index in [9.17, 15) is 9.59 Å². The van der Waals surface area contributed by atoms with E-state index in [0.717, 1.165) is 31.6 Å². The third-order valence-electron chi connectivity index (χ3n) is 3.88. The van der Waals surface area contributed by atoms with Crippen LogP contribution in [0.1, 0.15) is 26.2 Å². The van der Waals surface area contributed by atoms with Gasteiger partial charge in [0.2, 0.25) is 11.8 Å². The van der Waals surface area contributed by atoms with Crippen molar-refractivity contribution in [3.63, 3.8) is 0 Å². The van der Waals surface area contributed by atoms with E-state index in [2.05, 4.69) is 15.5 Å². The average Bonchev–Trinajstić information content (AvgIpc) is 2.49. The summed E-state index contributed by atoms with van der Waals surface area (Å²) in [4.78, 5) is 25.9. The van der Waals surface area contributed by atoms with Gasteiger partial charge in [0, 0.05) is 37.3 Å². The first-order valence-electron chi connectivity index (χ1n) is 8.15. The molecule has 6 nitrogen and oxygen atoms in total. The molecule has 1 atom stereocenters. The highest BCUT2D eigenvalue weighted by molar-refractivity contribution is 5.92. The summed E-state index contributed by atoms with van der Waals surface area (Å²) >= 11 is 0. The molecule has 1 heterocycles. The van der Waals surface area contributed by atoms with Crippen molar-refractivity contribution >= 4 is 42.3 Å². The van der Waals surface area contributed by atoms with Crippen molar-refractivity contribution in [2.24, 2.45) is 5.73 Å². The summed E-state index contributed by atoms with van der Waals surface area (Å²) in [6.45, 7) is 3.83. The van der Waals surface area contributed by atoms with E-state index in [1.807, 2.05) is 37.3 Å². The van der Waals surface area contributed by atoms with E-state index < -0.39 is 0 Å². The number of piperidine rings is 1. The Morgan fingerprint density at radius 3 is 2.32 bits per heavy atom. The molecular weight excluding hydrogens is 363 g/mol. The fraction of sp³-hybridized carbons (Fsp3) is 0.529. The molecule has 1 aromatic carbocycles.